The number of ether oxygens (including phenoxy) is 2. The number of carbonyl (C=O) groups excluding carboxylic acids is 1. The van der Waals surface area contributed by atoms with E-state index in [4.69, 9.17) is 14.0 Å². The third-order valence-electron chi connectivity index (χ3n) is 5.76. The molecule has 0 saturated carbocycles. The molecular weight excluding hydrogens is 408 g/mol. The zero-order chi connectivity index (χ0) is 22.9. The van der Waals surface area contributed by atoms with Gasteiger partial charge in [-0.15, -0.1) is 0 Å². The lowest BCUT2D eigenvalue weighted by Gasteiger charge is -2.30. The average Bonchev–Trinajstić information content (AvgIpc) is 3.30. The van der Waals surface area contributed by atoms with Gasteiger partial charge in [0.25, 0.3) is 0 Å². The number of carbonyl (C=O) groups is 1. The first-order valence-electron chi connectivity index (χ1n) is 11.7. The fourth-order valence-corrected chi connectivity index (χ4v) is 3.74. The molecule has 8 heteroatoms. The van der Waals surface area contributed by atoms with Crippen molar-refractivity contribution in [2.45, 2.75) is 59.0 Å². The van der Waals surface area contributed by atoms with E-state index in [0.717, 1.165) is 56.2 Å². The molecule has 1 saturated heterocycles. The van der Waals surface area contributed by atoms with Crippen molar-refractivity contribution in [2.24, 2.45) is 0 Å². The van der Waals surface area contributed by atoms with Gasteiger partial charge in [0.05, 0.1) is 19.1 Å². The van der Waals surface area contributed by atoms with Crippen LogP contribution in [0.2, 0.25) is 0 Å². The van der Waals surface area contributed by atoms with Crippen molar-refractivity contribution in [3.63, 3.8) is 0 Å². The van der Waals surface area contributed by atoms with Crippen LogP contribution in [0, 0.1) is 0 Å². The summed E-state index contributed by atoms with van der Waals surface area (Å²) in [6.07, 6.45) is 2.49. The number of likely N-dealkylation sites (N-methyl/N-ethyl adjacent to an activating group) is 1. The van der Waals surface area contributed by atoms with E-state index >= 15 is 0 Å². The topological polar surface area (TPSA) is 80.9 Å². The minimum absolute atomic E-state index is 0.155. The predicted octanol–water partition coefficient (Wildman–Crippen LogP) is 3.67. The highest BCUT2D eigenvalue weighted by atomic mass is 16.5. The zero-order valence-electron chi connectivity index (χ0n) is 19.7. The van der Waals surface area contributed by atoms with E-state index in [1.54, 1.807) is 0 Å². The number of piperidine rings is 1. The van der Waals surface area contributed by atoms with Gasteiger partial charge in [0.2, 0.25) is 5.91 Å². The Balaban J connectivity index is 1.33. The molecule has 1 aromatic carbocycles. The molecule has 0 N–H and O–H groups in total. The smallest absolute Gasteiger partial charge is 0.324 e. The van der Waals surface area contributed by atoms with Gasteiger partial charge in [-0.05, 0) is 44.4 Å². The Bertz CT molecular complexity index is 825. The van der Waals surface area contributed by atoms with Crippen LogP contribution in [0.1, 0.15) is 57.8 Å². The molecule has 1 fully saturated rings. The summed E-state index contributed by atoms with van der Waals surface area (Å²) in [7, 11) is 0. The maximum absolute atomic E-state index is 12.2. The van der Waals surface area contributed by atoms with Crippen LogP contribution in [0.15, 0.2) is 28.8 Å². The molecule has 0 aliphatic carbocycles. The van der Waals surface area contributed by atoms with Crippen molar-refractivity contribution < 1.29 is 18.8 Å². The Morgan fingerprint density at radius 2 is 1.84 bits per heavy atom. The third-order valence-corrected chi connectivity index (χ3v) is 5.76. The molecule has 32 heavy (non-hydrogen) atoms. The molecule has 0 spiro atoms. The fraction of sp³-hybridized carbons (Fsp3) is 0.625. The molecule has 1 aromatic heterocycles. The van der Waals surface area contributed by atoms with Gasteiger partial charge >= 0.3 is 6.01 Å². The number of rotatable bonds is 11. The molecule has 0 atom stereocenters. The van der Waals surface area contributed by atoms with Crippen molar-refractivity contribution >= 4 is 11.9 Å². The standard InChI is InChI=1S/C24H36N4O4/c1-5-27(6-2)22(29)17-19-7-9-20(10-8-19)30-15-16-31-21-11-13-28(14-12-21)24-25-23(18(3)4)26-32-24/h7-10,18,21H,5-6,11-17H2,1-4H3. The molecule has 2 heterocycles. The van der Waals surface area contributed by atoms with Crippen LogP contribution in [0.5, 0.6) is 5.75 Å². The molecule has 1 aliphatic heterocycles. The largest absolute Gasteiger partial charge is 0.491 e. The lowest BCUT2D eigenvalue weighted by Crippen LogP contribution is -2.37. The number of amides is 1. The van der Waals surface area contributed by atoms with E-state index in [1.807, 2.05) is 43.0 Å². The summed E-state index contributed by atoms with van der Waals surface area (Å²) in [5.74, 6) is 1.96. The van der Waals surface area contributed by atoms with Gasteiger partial charge in [0, 0.05) is 32.1 Å². The van der Waals surface area contributed by atoms with Crippen LogP contribution in [0.3, 0.4) is 0 Å². The minimum atomic E-state index is 0.155. The van der Waals surface area contributed by atoms with E-state index in [1.165, 1.54) is 0 Å². The van der Waals surface area contributed by atoms with Gasteiger partial charge in [-0.3, -0.25) is 4.79 Å². The van der Waals surface area contributed by atoms with Crippen LogP contribution in [0.25, 0.3) is 0 Å². The Kier molecular flexibility index (Phi) is 8.90. The summed E-state index contributed by atoms with van der Waals surface area (Å²) in [6.45, 7) is 12.3. The maximum Gasteiger partial charge on any atom is 0.324 e. The molecule has 0 radical (unpaired) electrons. The zero-order valence-corrected chi connectivity index (χ0v) is 19.7. The van der Waals surface area contributed by atoms with Gasteiger partial charge in [-0.1, -0.05) is 31.1 Å². The number of nitrogens with zero attached hydrogens (tertiary/aromatic N) is 4. The van der Waals surface area contributed by atoms with E-state index in [0.29, 0.717) is 25.6 Å². The Labute approximate surface area is 190 Å². The number of benzene rings is 1. The fourth-order valence-electron chi connectivity index (χ4n) is 3.74. The number of aromatic nitrogens is 2. The highest BCUT2D eigenvalue weighted by Gasteiger charge is 2.24. The Morgan fingerprint density at radius 1 is 1.16 bits per heavy atom. The Morgan fingerprint density at radius 3 is 2.44 bits per heavy atom. The first-order chi connectivity index (χ1) is 15.5. The summed E-state index contributed by atoms with van der Waals surface area (Å²) in [5.41, 5.74) is 0.999. The van der Waals surface area contributed by atoms with E-state index in [9.17, 15) is 4.79 Å². The SMILES string of the molecule is CCN(CC)C(=O)Cc1ccc(OCCOC2CCN(c3nc(C(C)C)no3)CC2)cc1. The molecular formula is C24H36N4O4. The van der Waals surface area contributed by atoms with Crippen molar-refractivity contribution in [2.75, 3.05) is 44.3 Å². The van der Waals surface area contributed by atoms with Gasteiger partial charge in [0.1, 0.15) is 12.4 Å². The van der Waals surface area contributed by atoms with Gasteiger partial charge in [-0.2, -0.15) is 4.98 Å². The second-order valence-electron chi connectivity index (χ2n) is 8.38. The number of hydrogen-bond donors (Lipinski definition) is 0. The molecule has 1 amide bonds. The van der Waals surface area contributed by atoms with Crippen molar-refractivity contribution in [1.29, 1.82) is 0 Å². The van der Waals surface area contributed by atoms with E-state index in [2.05, 4.69) is 28.9 Å². The molecule has 2 aromatic rings. The lowest BCUT2D eigenvalue weighted by molar-refractivity contribution is -0.130. The molecule has 0 bridgehead atoms. The monoisotopic (exact) mass is 444 g/mol. The average molecular weight is 445 g/mol. The van der Waals surface area contributed by atoms with Gasteiger partial charge < -0.3 is 23.8 Å². The summed E-state index contributed by atoms with van der Waals surface area (Å²) < 4.78 is 17.2. The third kappa shape index (κ3) is 6.69. The maximum atomic E-state index is 12.2. The van der Waals surface area contributed by atoms with Crippen molar-refractivity contribution in [3.8, 4) is 5.75 Å². The molecule has 0 unspecified atom stereocenters. The summed E-state index contributed by atoms with van der Waals surface area (Å²) in [4.78, 5) is 20.7. The van der Waals surface area contributed by atoms with E-state index in [-0.39, 0.29) is 17.9 Å². The summed E-state index contributed by atoms with van der Waals surface area (Å²) in [5, 5.41) is 4.04. The van der Waals surface area contributed by atoms with Gasteiger partial charge in [-0.25, -0.2) is 0 Å². The Hall–Kier alpha value is -2.61. The molecule has 8 nitrogen and oxygen atoms in total. The molecule has 176 valence electrons. The van der Waals surface area contributed by atoms with Crippen molar-refractivity contribution in [3.05, 3.63) is 35.7 Å². The van der Waals surface area contributed by atoms with Crippen LogP contribution < -0.4 is 9.64 Å². The quantitative estimate of drug-likeness (QED) is 0.489. The van der Waals surface area contributed by atoms with E-state index < -0.39 is 0 Å². The summed E-state index contributed by atoms with van der Waals surface area (Å²) in [6, 6.07) is 8.35. The molecule has 1 aliphatic rings. The number of anilines is 1. The van der Waals surface area contributed by atoms with Gasteiger partial charge in [0.15, 0.2) is 5.82 Å². The number of hydrogen-bond acceptors (Lipinski definition) is 7. The van der Waals surface area contributed by atoms with Crippen LogP contribution in [-0.2, 0) is 16.0 Å². The minimum Gasteiger partial charge on any atom is -0.491 e. The highest BCUT2D eigenvalue weighted by molar-refractivity contribution is 5.78. The second kappa shape index (κ2) is 11.9. The van der Waals surface area contributed by atoms with Crippen LogP contribution >= 0.6 is 0 Å². The normalized spacial score (nSPS) is 14.7. The first kappa shape index (κ1) is 24.0. The van der Waals surface area contributed by atoms with Crippen molar-refractivity contribution in [1.82, 2.24) is 15.0 Å². The highest BCUT2D eigenvalue weighted by Crippen LogP contribution is 2.22. The predicted molar refractivity (Wildman–Crippen MR) is 123 cm³/mol. The van der Waals surface area contributed by atoms with Crippen LogP contribution in [-0.4, -0.2) is 66.4 Å². The van der Waals surface area contributed by atoms with Crippen LogP contribution in [0.4, 0.5) is 6.01 Å². The second-order valence-corrected chi connectivity index (χ2v) is 8.38. The lowest BCUT2D eigenvalue weighted by atomic mass is 10.1. The molecule has 3 rings (SSSR count). The first-order valence-corrected chi connectivity index (χ1v) is 11.7. The summed E-state index contributed by atoms with van der Waals surface area (Å²) >= 11 is 0.